The fourth-order valence-electron chi connectivity index (χ4n) is 6.35. The Kier molecular flexibility index (Phi) is 18.7. The summed E-state index contributed by atoms with van der Waals surface area (Å²) < 4.78 is 1.01. The molecule has 0 aromatic carbocycles. The number of ketones is 1. The number of carbonyl (C=O) groups is 1. The summed E-state index contributed by atoms with van der Waals surface area (Å²) in [4.78, 5) is 64.5. The van der Waals surface area contributed by atoms with Crippen molar-refractivity contribution in [2.45, 2.75) is 81.4 Å². The quantitative estimate of drug-likeness (QED) is 0.0340. The molecule has 0 aliphatic rings. The zero-order chi connectivity index (χ0) is 46.1. The average Bonchev–Trinajstić information content (AvgIpc) is 3.37. The Morgan fingerprint density at radius 2 is 0.803 bits per heavy atom. The number of aromatic nitrogens is 10. The third kappa shape index (κ3) is 13.6. The number of pyridine rings is 4. The Morgan fingerprint density at radius 3 is 1.18 bits per heavy atom. The van der Waals surface area contributed by atoms with Gasteiger partial charge >= 0.3 is 0 Å². The lowest BCUT2D eigenvalue weighted by Crippen LogP contribution is -2.02. The molecule has 0 spiro atoms. The summed E-state index contributed by atoms with van der Waals surface area (Å²) in [6.07, 6.45) is 13.2. The number of carbonyl (C=O) groups excluding carboxylic acids is 1. The minimum Gasteiger partial charge on any atom is -0.287 e. The molecule has 338 valence electrons. The number of hydrogen-bond acceptors (Lipinski definition) is 16. The first-order chi connectivity index (χ1) is 32.4. The molecule has 0 fully saturated rings. The number of hydrogen-bond donors (Lipinski definition) is 0. The highest BCUT2D eigenvalue weighted by Gasteiger charge is 2.18. The molecule has 0 saturated heterocycles. The first kappa shape index (κ1) is 48.9. The van der Waals surface area contributed by atoms with Crippen LogP contribution in [0.25, 0.3) is 68.3 Å². The molecule has 11 nitrogen and oxygen atoms in total. The van der Waals surface area contributed by atoms with Gasteiger partial charge in [0.2, 0.25) is 5.78 Å². The molecule has 7 aromatic rings. The van der Waals surface area contributed by atoms with E-state index in [1.54, 1.807) is 89.8 Å². The Bertz CT molecular complexity index is 2750. The van der Waals surface area contributed by atoms with Gasteiger partial charge in [0.25, 0.3) is 0 Å². The van der Waals surface area contributed by atoms with E-state index >= 15 is 0 Å². The minimum absolute atomic E-state index is 0.149. The van der Waals surface area contributed by atoms with Gasteiger partial charge in [-0.1, -0.05) is 40.7 Å². The molecule has 0 aliphatic carbocycles. The maximum atomic E-state index is 13.6. The van der Waals surface area contributed by atoms with Crippen LogP contribution < -0.4 is 0 Å². The van der Waals surface area contributed by atoms with Crippen LogP contribution in [0, 0.1) is 0 Å². The van der Waals surface area contributed by atoms with E-state index in [2.05, 4.69) is 73.8 Å². The maximum Gasteiger partial charge on any atom is 0.205 e. The molecule has 0 unspecified atom stereocenters. The third-order valence-corrected chi connectivity index (χ3v) is 15.7. The molecule has 7 heterocycles. The Hall–Kier alpha value is -5.00. The van der Waals surface area contributed by atoms with Gasteiger partial charge in [0.1, 0.15) is 24.7 Å². The van der Waals surface area contributed by atoms with Gasteiger partial charge in [-0.2, -0.15) is 0 Å². The lowest BCUT2D eigenvalue weighted by Gasteiger charge is -2.12. The van der Waals surface area contributed by atoms with Crippen molar-refractivity contribution in [3.05, 3.63) is 114 Å². The molecule has 0 radical (unpaired) electrons. The number of thioether (sulfide) groups is 5. The Balaban J connectivity index is 1.25. The molecule has 0 amide bonds. The monoisotopic (exact) mass is 968 g/mol. The molecular formula is C50H52N10OS5. The van der Waals surface area contributed by atoms with Gasteiger partial charge in [-0.3, -0.25) is 9.78 Å². The summed E-state index contributed by atoms with van der Waals surface area (Å²) in [5, 5.41) is 0. The highest BCUT2D eigenvalue weighted by atomic mass is 32.2. The summed E-state index contributed by atoms with van der Waals surface area (Å²) >= 11 is 8.73. The van der Waals surface area contributed by atoms with E-state index in [0.29, 0.717) is 56.9 Å². The van der Waals surface area contributed by atoms with Crippen LogP contribution in [-0.2, 0) is 0 Å². The first-order valence-corrected chi connectivity index (χ1v) is 27.2. The van der Waals surface area contributed by atoms with Crippen molar-refractivity contribution in [1.82, 2.24) is 49.8 Å². The molecule has 7 rings (SSSR count). The first-order valence-electron chi connectivity index (χ1n) is 22.2. The fraction of sp³-hybridized carbons (Fsp3) is 0.300. The Labute approximate surface area is 409 Å². The highest BCUT2D eigenvalue weighted by molar-refractivity contribution is 8.22. The molecular weight excluding hydrogens is 917 g/mol. The number of rotatable bonds is 23. The van der Waals surface area contributed by atoms with Crippen molar-refractivity contribution < 1.29 is 4.79 Å². The molecule has 0 N–H and O–H groups in total. The fourth-order valence-corrected chi connectivity index (χ4v) is 10.9. The van der Waals surface area contributed by atoms with E-state index < -0.39 is 0 Å². The third-order valence-electron chi connectivity index (χ3n) is 9.45. The zero-order valence-electron chi connectivity index (χ0n) is 37.8. The summed E-state index contributed by atoms with van der Waals surface area (Å²) in [6.45, 7) is 10.8. The van der Waals surface area contributed by atoms with Crippen molar-refractivity contribution in [3.8, 4) is 68.3 Å². The minimum atomic E-state index is -0.149. The SMILES string of the molecule is CCCSC(=CC(=O)c1cc(-c2cc(SCCC)cc(-c3cc(-c4cc(SCCC)cc(-c5cc(-c6cc(SCCC)cc(-c7ccccn7)n6)ncn5)n4)ncn3)n2)ncn1)SCCC. The second-order valence-electron chi connectivity index (χ2n) is 14.9. The van der Waals surface area contributed by atoms with Crippen LogP contribution in [0.4, 0.5) is 0 Å². The number of nitrogens with zero attached hydrogens (tertiary/aromatic N) is 10. The van der Waals surface area contributed by atoms with E-state index in [9.17, 15) is 4.79 Å². The second-order valence-corrected chi connectivity index (χ2v) is 20.9. The molecule has 0 bridgehead atoms. The molecule has 16 heteroatoms. The van der Waals surface area contributed by atoms with Gasteiger partial charge in [-0.05, 0) is 128 Å². The van der Waals surface area contributed by atoms with Crippen LogP contribution in [0.2, 0.25) is 0 Å². The summed E-state index contributed by atoms with van der Waals surface area (Å²) in [7, 11) is 0. The standard InChI is InChI=1S/C50H52N10OS5/c1-6-15-62-33-20-42(36-13-11-12-14-51-36)58-43(21-33)37-26-38(53-30-52-37)44-22-34(63-16-7-2)23-45(59-44)39-27-40(55-31-54-39)46-24-35(64-17-8-3)25-47(60-46)41-28-48(57-32-56-41)49(61)29-50(65-18-9-4)66-19-10-5/h11-14,20-32H,6-10,15-19H2,1-5H3. The molecule has 0 saturated carbocycles. The normalized spacial score (nSPS) is 11.2. The maximum absolute atomic E-state index is 13.6. The Morgan fingerprint density at radius 1 is 0.424 bits per heavy atom. The van der Waals surface area contributed by atoms with Crippen molar-refractivity contribution in [3.63, 3.8) is 0 Å². The van der Waals surface area contributed by atoms with E-state index in [4.69, 9.17) is 34.9 Å². The zero-order valence-corrected chi connectivity index (χ0v) is 41.9. The smallest absolute Gasteiger partial charge is 0.205 e. The van der Waals surface area contributed by atoms with Crippen LogP contribution in [0.5, 0.6) is 0 Å². The van der Waals surface area contributed by atoms with Gasteiger partial charge in [0.15, 0.2) is 0 Å². The van der Waals surface area contributed by atoms with Crippen LogP contribution in [-0.4, -0.2) is 84.4 Å². The van der Waals surface area contributed by atoms with Crippen molar-refractivity contribution >= 4 is 64.6 Å². The summed E-state index contributed by atoms with van der Waals surface area (Å²) in [6, 6.07) is 23.9. The van der Waals surface area contributed by atoms with Crippen LogP contribution in [0.15, 0.2) is 123 Å². The van der Waals surface area contributed by atoms with E-state index in [0.717, 1.165) is 96.9 Å². The van der Waals surface area contributed by atoms with E-state index in [-0.39, 0.29) is 5.78 Å². The van der Waals surface area contributed by atoms with E-state index in [1.807, 2.05) is 42.5 Å². The van der Waals surface area contributed by atoms with Crippen molar-refractivity contribution in [1.29, 1.82) is 0 Å². The highest BCUT2D eigenvalue weighted by Crippen LogP contribution is 2.35. The van der Waals surface area contributed by atoms with E-state index in [1.165, 1.54) is 6.33 Å². The topological polar surface area (TPSA) is 146 Å². The van der Waals surface area contributed by atoms with Gasteiger partial charge in [0, 0.05) is 31.2 Å². The number of allylic oxidation sites excluding steroid dienone is 1. The molecule has 0 aliphatic heterocycles. The van der Waals surface area contributed by atoms with Crippen LogP contribution in [0.3, 0.4) is 0 Å². The lowest BCUT2D eigenvalue weighted by atomic mass is 10.1. The van der Waals surface area contributed by atoms with Gasteiger partial charge in [0.05, 0.1) is 68.3 Å². The van der Waals surface area contributed by atoms with Gasteiger partial charge in [-0.15, -0.1) is 58.8 Å². The van der Waals surface area contributed by atoms with Gasteiger partial charge < -0.3 is 0 Å². The van der Waals surface area contributed by atoms with Crippen LogP contribution >= 0.6 is 58.8 Å². The molecule has 7 aromatic heterocycles. The predicted octanol–water partition coefficient (Wildman–Crippen LogP) is 13.5. The summed E-state index contributed by atoms with van der Waals surface area (Å²) in [5.74, 6) is 4.61. The average molecular weight is 969 g/mol. The van der Waals surface area contributed by atoms with Crippen molar-refractivity contribution in [2.24, 2.45) is 0 Å². The largest absolute Gasteiger partial charge is 0.287 e. The lowest BCUT2D eigenvalue weighted by molar-refractivity contribution is 0.104. The van der Waals surface area contributed by atoms with Crippen molar-refractivity contribution in [2.75, 3.05) is 28.8 Å². The van der Waals surface area contributed by atoms with Gasteiger partial charge in [-0.25, -0.2) is 44.9 Å². The summed E-state index contributed by atoms with van der Waals surface area (Å²) in [5.41, 5.74) is 8.52. The molecule has 0 atom stereocenters. The second kappa shape index (κ2) is 25.2. The van der Waals surface area contributed by atoms with Crippen LogP contribution in [0.1, 0.15) is 77.2 Å². The predicted molar refractivity (Wildman–Crippen MR) is 278 cm³/mol. The molecule has 66 heavy (non-hydrogen) atoms.